The molecule has 5 rings (SSSR count). The molecule has 0 saturated heterocycles. The number of nitrogens with zero attached hydrogens (tertiary/aromatic N) is 3. The van der Waals surface area contributed by atoms with Crippen molar-refractivity contribution in [1.29, 1.82) is 0 Å². The number of rotatable bonds is 2. The van der Waals surface area contributed by atoms with Crippen LogP contribution in [0.2, 0.25) is 5.02 Å². The summed E-state index contributed by atoms with van der Waals surface area (Å²) in [7, 11) is 0. The molecule has 0 spiro atoms. The van der Waals surface area contributed by atoms with Crippen LogP contribution in [0.25, 0.3) is 32.0 Å². The lowest BCUT2D eigenvalue weighted by atomic mass is 10.0. The predicted molar refractivity (Wildman–Crippen MR) is 99.5 cm³/mol. The first-order valence-electron chi connectivity index (χ1n) is 8.22. The molecule has 0 unspecified atom stereocenters. The topological polar surface area (TPSA) is 30.7 Å². The molecule has 0 atom stereocenters. The van der Waals surface area contributed by atoms with E-state index in [2.05, 4.69) is 5.10 Å². The number of benzene rings is 2. The number of aromatic nitrogens is 3. The Morgan fingerprint density at radius 3 is 2.81 bits per heavy atom. The van der Waals surface area contributed by atoms with Crippen LogP contribution >= 0.6 is 22.9 Å². The van der Waals surface area contributed by atoms with Crippen LogP contribution in [0.4, 0.5) is 8.78 Å². The molecule has 26 heavy (non-hydrogen) atoms. The molecule has 3 nitrogen and oxygen atoms in total. The van der Waals surface area contributed by atoms with Gasteiger partial charge in [-0.1, -0.05) is 23.7 Å². The zero-order valence-corrected chi connectivity index (χ0v) is 15.0. The Labute approximate surface area is 156 Å². The number of hydrogen-bond donors (Lipinski definition) is 0. The van der Waals surface area contributed by atoms with Crippen LogP contribution in [0, 0.1) is 11.6 Å². The summed E-state index contributed by atoms with van der Waals surface area (Å²) >= 11 is 7.45. The quantitative estimate of drug-likeness (QED) is 0.413. The molecule has 0 saturated carbocycles. The number of halogens is 3. The van der Waals surface area contributed by atoms with Crippen LogP contribution in [0.5, 0.6) is 0 Å². The minimum Gasteiger partial charge on any atom is -0.268 e. The van der Waals surface area contributed by atoms with Gasteiger partial charge in [-0.15, -0.1) is 11.3 Å². The minimum atomic E-state index is -0.777. The molecular formula is C19H12ClF2N3S. The monoisotopic (exact) mass is 387 g/mol. The van der Waals surface area contributed by atoms with Crippen LogP contribution in [-0.4, -0.2) is 14.8 Å². The van der Waals surface area contributed by atoms with Gasteiger partial charge in [-0.2, -0.15) is 5.10 Å². The molecular weight excluding hydrogens is 376 g/mol. The maximum absolute atomic E-state index is 14.5. The first-order chi connectivity index (χ1) is 12.6. The molecule has 0 N–H and O–H groups in total. The van der Waals surface area contributed by atoms with Gasteiger partial charge in [-0.25, -0.2) is 13.8 Å². The number of hydrogen-bond acceptors (Lipinski definition) is 3. The molecule has 0 aliphatic carbocycles. The van der Waals surface area contributed by atoms with Crippen molar-refractivity contribution in [2.24, 2.45) is 0 Å². The Morgan fingerprint density at radius 2 is 1.96 bits per heavy atom. The normalized spacial score (nSPS) is 13.5. The van der Waals surface area contributed by atoms with Gasteiger partial charge in [-0.3, -0.25) is 4.68 Å². The Hall–Kier alpha value is -2.31. The SMILES string of the molecule is Fc1cc(F)c(-c2nn3c(c2-c2nc4ccccc4s2)CCC3)cc1Cl. The second-order valence-corrected chi connectivity index (χ2v) is 7.67. The summed E-state index contributed by atoms with van der Waals surface area (Å²) in [5, 5.41) is 5.28. The number of fused-ring (bicyclic) bond motifs is 2. The third-order valence-corrected chi connectivity index (χ3v) is 5.96. The lowest BCUT2D eigenvalue weighted by Crippen LogP contribution is -1.95. The molecule has 2 aromatic heterocycles. The van der Waals surface area contributed by atoms with E-state index in [0.29, 0.717) is 5.69 Å². The summed E-state index contributed by atoms with van der Waals surface area (Å²) in [6.07, 6.45) is 1.85. The van der Waals surface area contributed by atoms with Crippen molar-refractivity contribution < 1.29 is 8.78 Å². The average molecular weight is 388 g/mol. The molecule has 4 aromatic rings. The lowest BCUT2D eigenvalue weighted by Gasteiger charge is -2.05. The fraction of sp³-hybridized carbons (Fsp3) is 0.158. The molecule has 0 amide bonds. The first-order valence-corrected chi connectivity index (χ1v) is 9.42. The van der Waals surface area contributed by atoms with Crippen molar-refractivity contribution in [2.45, 2.75) is 19.4 Å². The minimum absolute atomic E-state index is 0.121. The van der Waals surface area contributed by atoms with Gasteiger partial charge >= 0.3 is 0 Å². The van der Waals surface area contributed by atoms with Crippen molar-refractivity contribution >= 4 is 33.2 Å². The summed E-state index contributed by atoms with van der Waals surface area (Å²) in [6, 6.07) is 9.98. The Morgan fingerprint density at radius 1 is 1.12 bits per heavy atom. The summed E-state index contributed by atoms with van der Waals surface area (Å²) in [5.74, 6) is -1.45. The molecule has 130 valence electrons. The lowest BCUT2D eigenvalue weighted by molar-refractivity contribution is 0.584. The van der Waals surface area contributed by atoms with Crippen molar-refractivity contribution in [3.63, 3.8) is 0 Å². The van der Waals surface area contributed by atoms with Crippen LogP contribution in [-0.2, 0) is 13.0 Å². The number of thiazole rings is 1. The third-order valence-electron chi connectivity index (χ3n) is 4.61. The smallest absolute Gasteiger partial charge is 0.144 e. The molecule has 0 bridgehead atoms. The molecule has 0 radical (unpaired) electrons. The van der Waals surface area contributed by atoms with E-state index < -0.39 is 11.6 Å². The standard InChI is InChI=1S/C19H12ClF2N3S/c20-11-8-10(12(21)9-13(11)22)18-17(15-5-3-7-25(15)24-18)19-23-14-4-1-2-6-16(14)26-19/h1-2,4,6,8-9H,3,5,7H2. The van der Waals surface area contributed by atoms with Crippen molar-refractivity contribution in [1.82, 2.24) is 14.8 Å². The maximum atomic E-state index is 14.5. The zero-order chi connectivity index (χ0) is 17.8. The maximum Gasteiger partial charge on any atom is 0.144 e. The largest absolute Gasteiger partial charge is 0.268 e. The highest BCUT2D eigenvalue weighted by molar-refractivity contribution is 7.21. The summed E-state index contributed by atoms with van der Waals surface area (Å²) in [6.45, 7) is 0.782. The van der Waals surface area contributed by atoms with Gasteiger partial charge in [0.1, 0.15) is 22.3 Å². The van der Waals surface area contributed by atoms with E-state index in [-0.39, 0.29) is 10.6 Å². The molecule has 1 aliphatic rings. The molecule has 2 aromatic carbocycles. The summed E-state index contributed by atoms with van der Waals surface area (Å²) in [5.41, 5.74) is 3.43. The number of para-hydroxylation sites is 1. The van der Waals surface area contributed by atoms with E-state index in [4.69, 9.17) is 16.6 Å². The van der Waals surface area contributed by atoms with Gasteiger partial charge in [0.25, 0.3) is 0 Å². The van der Waals surface area contributed by atoms with E-state index in [9.17, 15) is 8.78 Å². The second-order valence-electron chi connectivity index (χ2n) is 6.23. The van der Waals surface area contributed by atoms with Crippen LogP contribution < -0.4 is 0 Å². The van der Waals surface area contributed by atoms with Crippen molar-refractivity contribution in [3.05, 3.63) is 58.7 Å². The van der Waals surface area contributed by atoms with E-state index in [1.54, 1.807) is 11.3 Å². The van der Waals surface area contributed by atoms with Crippen molar-refractivity contribution in [2.75, 3.05) is 0 Å². The van der Waals surface area contributed by atoms with Gasteiger partial charge in [0.05, 0.1) is 20.8 Å². The molecule has 0 fully saturated rings. The summed E-state index contributed by atoms with van der Waals surface area (Å²) < 4.78 is 31.1. The third kappa shape index (κ3) is 2.36. The fourth-order valence-electron chi connectivity index (χ4n) is 3.43. The van der Waals surface area contributed by atoms with Gasteiger partial charge in [0.2, 0.25) is 0 Å². The van der Waals surface area contributed by atoms with Crippen LogP contribution in [0.15, 0.2) is 36.4 Å². The van der Waals surface area contributed by atoms with Crippen LogP contribution in [0.1, 0.15) is 12.1 Å². The van der Waals surface area contributed by atoms with E-state index in [0.717, 1.165) is 51.9 Å². The molecule has 1 aliphatic heterocycles. The van der Waals surface area contributed by atoms with Crippen LogP contribution in [0.3, 0.4) is 0 Å². The van der Waals surface area contributed by atoms with Gasteiger partial charge < -0.3 is 0 Å². The highest BCUT2D eigenvalue weighted by Crippen LogP contribution is 2.42. The first kappa shape index (κ1) is 15.9. The number of aryl methyl sites for hydroxylation is 1. The highest BCUT2D eigenvalue weighted by Gasteiger charge is 2.27. The summed E-state index contributed by atoms with van der Waals surface area (Å²) in [4.78, 5) is 4.72. The zero-order valence-electron chi connectivity index (χ0n) is 13.5. The van der Waals surface area contributed by atoms with E-state index >= 15 is 0 Å². The molecule has 7 heteroatoms. The highest BCUT2D eigenvalue weighted by atomic mass is 35.5. The Balaban J connectivity index is 1.79. The second kappa shape index (κ2) is 5.86. The van der Waals surface area contributed by atoms with E-state index in [1.807, 2.05) is 28.9 Å². The predicted octanol–water partition coefficient (Wildman–Crippen LogP) is 5.70. The fourth-order valence-corrected chi connectivity index (χ4v) is 4.63. The van der Waals surface area contributed by atoms with E-state index in [1.165, 1.54) is 6.07 Å². The molecule has 3 heterocycles. The Bertz CT molecular complexity index is 1130. The van der Waals surface area contributed by atoms with Gasteiger partial charge in [0, 0.05) is 23.9 Å². The van der Waals surface area contributed by atoms with Gasteiger partial charge in [0.15, 0.2) is 0 Å². The van der Waals surface area contributed by atoms with Gasteiger partial charge in [-0.05, 0) is 31.0 Å². The Kier molecular flexibility index (Phi) is 3.58. The average Bonchev–Trinajstić information content (AvgIpc) is 3.30. The van der Waals surface area contributed by atoms with Crippen molar-refractivity contribution in [3.8, 4) is 21.8 Å².